The van der Waals surface area contributed by atoms with Crippen molar-refractivity contribution in [2.24, 2.45) is 17.6 Å². The summed E-state index contributed by atoms with van der Waals surface area (Å²) in [6.07, 6.45) is 3.51. The predicted octanol–water partition coefficient (Wildman–Crippen LogP) is 2.38. The molecule has 1 fully saturated rings. The van der Waals surface area contributed by atoms with Gasteiger partial charge in [0.2, 0.25) is 11.8 Å². The van der Waals surface area contributed by atoms with Crippen LogP contribution in [0.5, 0.6) is 0 Å². The minimum absolute atomic E-state index is 0.256. The van der Waals surface area contributed by atoms with Gasteiger partial charge in [0.15, 0.2) is 0 Å². The maximum atomic E-state index is 13.1. The van der Waals surface area contributed by atoms with E-state index in [1.165, 1.54) is 0 Å². The van der Waals surface area contributed by atoms with E-state index in [-0.39, 0.29) is 12.5 Å². The first-order chi connectivity index (χ1) is 15.8. The van der Waals surface area contributed by atoms with Gasteiger partial charge in [-0.2, -0.15) is 0 Å². The number of carbonyl (C=O) groups excluding carboxylic acids is 3. The van der Waals surface area contributed by atoms with E-state index in [1.54, 1.807) is 6.92 Å². The molecule has 1 aliphatic rings. The van der Waals surface area contributed by atoms with Crippen molar-refractivity contribution in [3.8, 4) is 0 Å². The van der Waals surface area contributed by atoms with Gasteiger partial charge in [-0.3, -0.25) is 19.2 Å². The third-order valence-electron chi connectivity index (χ3n) is 6.41. The van der Waals surface area contributed by atoms with Crippen LogP contribution in [0.1, 0.15) is 54.9 Å². The van der Waals surface area contributed by atoms with Crippen LogP contribution < -0.4 is 16.4 Å². The number of benzene rings is 2. The molecular weight excluding hydrogens is 422 g/mol. The zero-order valence-electron chi connectivity index (χ0n) is 18.8. The van der Waals surface area contributed by atoms with Gasteiger partial charge in [-0.25, -0.2) is 0 Å². The number of carboxylic acid groups (broad SMARTS) is 1. The zero-order valence-corrected chi connectivity index (χ0v) is 18.8. The first-order valence-electron chi connectivity index (χ1n) is 11.4. The molecule has 8 heteroatoms. The lowest BCUT2D eigenvalue weighted by Gasteiger charge is -2.27. The van der Waals surface area contributed by atoms with E-state index in [1.807, 2.05) is 36.4 Å². The van der Waals surface area contributed by atoms with Gasteiger partial charge in [0.05, 0.1) is 17.4 Å². The first-order valence-corrected chi connectivity index (χ1v) is 11.4. The lowest BCUT2D eigenvalue weighted by Crippen LogP contribution is -2.44. The Morgan fingerprint density at radius 1 is 1.06 bits per heavy atom. The van der Waals surface area contributed by atoms with Crippen molar-refractivity contribution in [3.63, 3.8) is 0 Å². The molecule has 3 rings (SSSR count). The van der Waals surface area contributed by atoms with E-state index >= 15 is 0 Å². The summed E-state index contributed by atoms with van der Waals surface area (Å²) in [6, 6.07) is 10.4. The Bertz CT molecular complexity index is 1050. The van der Waals surface area contributed by atoms with Gasteiger partial charge >= 0.3 is 5.97 Å². The summed E-state index contributed by atoms with van der Waals surface area (Å²) in [5.41, 5.74) is 6.57. The lowest BCUT2D eigenvalue weighted by atomic mass is 9.78. The highest BCUT2D eigenvalue weighted by Crippen LogP contribution is 2.30. The van der Waals surface area contributed by atoms with Gasteiger partial charge in [0.1, 0.15) is 6.04 Å². The molecule has 33 heavy (non-hydrogen) atoms. The number of carbonyl (C=O) groups is 4. The van der Waals surface area contributed by atoms with Crippen LogP contribution in [0.4, 0.5) is 0 Å². The highest BCUT2D eigenvalue weighted by atomic mass is 16.4. The molecule has 0 spiro atoms. The minimum atomic E-state index is -0.928. The third kappa shape index (κ3) is 5.69. The fourth-order valence-corrected chi connectivity index (χ4v) is 4.59. The number of nitrogens with one attached hydrogen (secondary N) is 2. The summed E-state index contributed by atoms with van der Waals surface area (Å²) in [6.45, 7) is 2.04. The van der Waals surface area contributed by atoms with E-state index in [9.17, 15) is 24.3 Å². The number of nitrogens with two attached hydrogens (primary N) is 1. The molecule has 2 aromatic carbocycles. The molecule has 1 aliphatic carbocycles. The van der Waals surface area contributed by atoms with Crippen LogP contribution in [0.15, 0.2) is 36.4 Å². The molecule has 0 aromatic heterocycles. The number of amides is 3. The Morgan fingerprint density at radius 2 is 1.76 bits per heavy atom. The fraction of sp³-hybridized carbons (Fsp3) is 0.440. The molecule has 1 unspecified atom stereocenters. The quantitative estimate of drug-likeness (QED) is 0.462. The second-order valence-electron chi connectivity index (χ2n) is 8.53. The van der Waals surface area contributed by atoms with Crippen molar-refractivity contribution in [2.75, 3.05) is 6.54 Å². The third-order valence-corrected chi connectivity index (χ3v) is 6.41. The Labute approximate surface area is 192 Å². The molecule has 2 aromatic rings. The van der Waals surface area contributed by atoms with Crippen molar-refractivity contribution >= 4 is 34.5 Å². The molecule has 0 radical (unpaired) electrons. The second-order valence-corrected chi connectivity index (χ2v) is 8.53. The van der Waals surface area contributed by atoms with E-state index in [2.05, 4.69) is 10.6 Å². The van der Waals surface area contributed by atoms with Crippen molar-refractivity contribution in [2.45, 2.75) is 51.5 Å². The number of hydrogen-bond acceptors (Lipinski definition) is 4. The monoisotopic (exact) mass is 453 g/mol. The van der Waals surface area contributed by atoms with Gasteiger partial charge in [-0.05, 0) is 42.0 Å². The first kappa shape index (κ1) is 24.2. The average molecular weight is 454 g/mol. The number of aliphatic carboxylic acids is 1. The molecule has 0 bridgehead atoms. The molecule has 1 saturated carbocycles. The molecule has 3 amide bonds. The van der Waals surface area contributed by atoms with Crippen molar-refractivity contribution in [1.82, 2.24) is 10.6 Å². The van der Waals surface area contributed by atoms with E-state index in [4.69, 9.17) is 5.73 Å². The molecule has 5 N–H and O–H groups in total. The van der Waals surface area contributed by atoms with Gasteiger partial charge in [-0.15, -0.1) is 0 Å². The molecular formula is C25H31N3O5. The maximum absolute atomic E-state index is 13.1. The second kappa shape index (κ2) is 10.9. The highest BCUT2D eigenvalue weighted by molar-refractivity contribution is 6.09. The van der Waals surface area contributed by atoms with Gasteiger partial charge in [0.25, 0.3) is 5.91 Å². The number of primary amides is 1. The summed E-state index contributed by atoms with van der Waals surface area (Å²) in [4.78, 5) is 49.0. The average Bonchev–Trinajstić information content (AvgIpc) is 2.81. The Kier molecular flexibility index (Phi) is 8.03. The van der Waals surface area contributed by atoms with Crippen LogP contribution in [-0.2, 0) is 20.8 Å². The molecule has 0 heterocycles. The molecule has 0 aliphatic heterocycles. The summed E-state index contributed by atoms with van der Waals surface area (Å²) in [5.74, 6) is -3.36. The van der Waals surface area contributed by atoms with Crippen molar-refractivity contribution in [1.29, 1.82) is 0 Å². The Morgan fingerprint density at radius 3 is 2.42 bits per heavy atom. The molecule has 0 saturated heterocycles. The van der Waals surface area contributed by atoms with Crippen LogP contribution >= 0.6 is 0 Å². The highest BCUT2D eigenvalue weighted by Gasteiger charge is 2.35. The molecule has 176 valence electrons. The maximum Gasteiger partial charge on any atom is 0.307 e. The minimum Gasteiger partial charge on any atom is -0.481 e. The largest absolute Gasteiger partial charge is 0.481 e. The van der Waals surface area contributed by atoms with Gasteiger partial charge < -0.3 is 21.5 Å². The summed E-state index contributed by atoms with van der Waals surface area (Å²) >= 11 is 0. The van der Waals surface area contributed by atoms with Gasteiger partial charge in [0, 0.05) is 6.54 Å². The molecule has 3 atom stereocenters. The molecule has 8 nitrogen and oxygen atoms in total. The SMILES string of the molecule is CCC(NC(=O)c1c(CCNC(=O)[C@@H]2CCCC[C@H]2C(=O)O)ccc2ccccc12)C(N)=O. The number of rotatable bonds is 9. The Hall–Kier alpha value is -3.42. The van der Waals surface area contributed by atoms with E-state index in [0.29, 0.717) is 31.2 Å². The fourth-order valence-electron chi connectivity index (χ4n) is 4.59. The predicted molar refractivity (Wildman–Crippen MR) is 124 cm³/mol. The topological polar surface area (TPSA) is 139 Å². The smallest absolute Gasteiger partial charge is 0.307 e. The van der Waals surface area contributed by atoms with Crippen LogP contribution in [0.2, 0.25) is 0 Å². The van der Waals surface area contributed by atoms with Gasteiger partial charge in [-0.1, -0.05) is 56.2 Å². The summed E-state index contributed by atoms with van der Waals surface area (Å²) < 4.78 is 0. The number of fused-ring (bicyclic) bond motifs is 1. The Balaban J connectivity index is 1.78. The number of hydrogen-bond donors (Lipinski definition) is 4. The number of carboxylic acids is 1. The van der Waals surface area contributed by atoms with Crippen LogP contribution in [0.25, 0.3) is 10.8 Å². The zero-order chi connectivity index (χ0) is 24.0. The van der Waals surface area contributed by atoms with Crippen LogP contribution in [-0.4, -0.2) is 41.4 Å². The normalized spacial score (nSPS) is 18.9. The van der Waals surface area contributed by atoms with E-state index < -0.39 is 35.7 Å². The standard InChI is InChI=1S/C25H31N3O5/c1-2-20(22(26)29)28-24(31)21-16(12-11-15-7-3-4-8-17(15)21)13-14-27-23(30)18-9-5-6-10-19(18)25(32)33/h3-4,7-8,11-12,18-20H,2,5-6,9-10,13-14H2,1H3,(H2,26,29)(H,27,30)(H,28,31)(H,32,33)/t18-,19-,20?/m1/s1. The summed E-state index contributed by atoms with van der Waals surface area (Å²) in [5, 5.41) is 16.6. The van der Waals surface area contributed by atoms with Crippen molar-refractivity contribution < 1.29 is 24.3 Å². The lowest BCUT2D eigenvalue weighted by molar-refractivity contribution is -0.148. The van der Waals surface area contributed by atoms with Crippen LogP contribution in [0, 0.1) is 11.8 Å². The van der Waals surface area contributed by atoms with Crippen LogP contribution in [0.3, 0.4) is 0 Å². The van der Waals surface area contributed by atoms with E-state index in [0.717, 1.165) is 29.2 Å². The summed E-state index contributed by atoms with van der Waals surface area (Å²) in [7, 11) is 0. The van der Waals surface area contributed by atoms with Crippen molar-refractivity contribution in [3.05, 3.63) is 47.5 Å².